The number of carbonyl (C=O) groups excluding carboxylic acids is 1. The molecule has 3 rings (SSSR count). The van der Waals surface area contributed by atoms with Gasteiger partial charge in [0.05, 0.1) is 5.25 Å². The first-order valence-electron chi connectivity index (χ1n) is 10.1. The van der Waals surface area contributed by atoms with Crippen LogP contribution < -0.4 is 0 Å². The number of rotatable bonds is 5. The summed E-state index contributed by atoms with van der Waals surface area (Å²) >= 11 is 1.58. The fourth-order valence-corrected chi connectivity index (χ4v) is 2.74. The van der Waals surface area contributed by atoms with Crippen LogP contribution in [-0.2, 0) is 4.79 Å². The molecule has 1 aliphatic rings. The van der Waals surface area contributed by atoms with E-state index in [9.17, 15) is 4.79 Å². The van der Waals surface area contributed by atoms with Crippen LogP contribution in [0.15, 0.2) is 60.8 Å². The first-order valence-corrected chi connectivity index (χ1v) is 11.4. The van der Waals surface area contributed by atoms with Crippen LogP contribution in [0.2, 0.25) is 0 Å². The summed E-state index contributed by atoms with van der Waals surface area (Å²) in [6.07, 6.45) is 15.5. The van der Waals surface area contributed by atoms with E-state index in [1.807, 2.05) is 31.5 Å². The van der Waals surface area contributed by atoms with Gasteiger partial charge < -0.3 is 0 Å². The number of terminal acetylenes is 1. The number of hydrogen-bond donors (Lipinski definition) is 0. The average Bonchev–Trinajstić information content (AvgIpc) is 3.60. The Hall–Kier alpha value is -2.57. The Morgan fingerprint density at radius 3 is 2.43 bits per heavy atom. The highest BCUT2D eigenvalue weighted by Gasteiger charge is 2.23. The van der Waals surface area contributed by atoms with Crippen molar-refractivity contribution in [2.45, 2.75) is 51.7 Å². The van der Waals surface area contributed by atoms with Crippen LogP contribution in [0.1, 0.15) is 55.0 Å². The number of hydrogen-bond acceptors (Lipinski definition) is 3. The van der Waals surface area contributed by atoms with Crippen molar-refractivity contribution in [3.05, 3.63) is 83.2 Å². The van der Waals surface area contributed by atoms with Gasteiger partial charge in [-0.25, -0.2) is 0 Å². The Kier molecular flexibility index (Phi) is 11.6. The van der Waals surface area contributed by atoms with Gasteiger partial charge in [-0.1, -0.05) is 48.4 Å². The Labute approximate surface area is 186 Å². The summed E-state index contributed by atoms with van der Waals surface area (Å²) in [6.45, 7) is 11.3. The van der Waals surface area contributed by atoms with Crippen LogP contribution in [0.3, 0.4) is 0 Å². The zero-order chi connectivity index (χ0) is 22.5. The minimum Gasteiger partial charge on any atom is -0.299 e. The molecule has 1 aliphatic carbocycles. The molecule has 158 valence electrons. The SMILES string of the molecule is C#C/C(C=C)=C/c1cc(C)ccc1C.CSC(C)C(C)=O.c1ccc(C2CC2)nc1. The fraction of sp³-hybridized carbons (Fsp3) is 0.333. The van der Waals surface area contributed by atoms with Crippen LogP contribution in [0, 0.1) is 26.2 Å². The molecule has 1 aromatic heterocycles. The number of benzene rings is 1. The van der Waals surface area contributed by atoms with E-state index in [-0.39, 0.29) is 11.0 Å². The van der Waals surface area contributed by atoms with Gasteiger partial charge in [0, 0.05) is 23.4 Å². The molecule has 2 nitrogen and oxygen atoms in total. The van der Waals surface area contributed by atoms with Gasteiger partial charge in [0.25, 0.3) is 0 Å². The van der Waals surface area contributed by atoms with Crippen molar-refractivity contribution in [1.82, 2.24) is 4.98 Å². The van der Waals surface area contributed by atoms with E-state index in [1.165, 1.54) is 29.7 Å². The van der Waals surface area contributed by atoms with Crippen molar-refractivity contribution in [1.29, 1.82) is 0 Å². The second-order valence-corrected chi connectivity index (χ2v) is 8.50. The topological polar surface area (TPSA) is 30.0 Å². The summed E-state index contributed by atoms with van der Waals surface area (Å²) < 4.78 is 0. The molecule has 1 fully saturated rings. The molecule has 1 atom stereocenters. The largest absolute Gasteiger partial charge is 0.299 e. The zero-order valence-electron chi connectivity index (χ0n) is 18.8. The molecule has 0 spiro atoms. The third-order valence-corrected chi connectivity index (χ3v) is 5.78. The van der Waals surface area contributed by atoms with Gasteiger partial charge in [-0.2, -0.15) is 11.8 Å². The summed E-state index contributed by atoms with van der Waals surface area (Å²) in [5, 5.41) is 0.181. The lowest BCUT2D eigenvalue weighted by Crippen LogP contribution is -2.06. The van der Waals surface area contributed by atoms with Crippen molar-refractivity contribution in [3.8, 4) is 12.3 Å². The van der Waals surface area contributed by atoms with E-state index >= 15 is 0 Å². The minimum absolute atomic E-state index is 0.181. The quantitative estimate of drug-likeness (QED) is 0.395. The van der Waals surface area contributed by atoms with Crippen molar-refractivity contribution < 1.29 is 4.79 Å². The van der Waals surface area contributed by atoms with Gasteiger partial charge in [-0.15, -0.1) is 6.42 Å². The number of nitrogens with zero attached hydrogens (tertiary/aromatic N) is 1. The standard InChI is InChI=1S/C14H14.C8H9N.C5H10OS/c1-5-13(6-2)10-14-9-11(3)7-8-12(14)4;1-2-6-9-8(3-1)7-4-5-7;1-4(6)5(2)7-3/h1,6-10H,2H2,3-4H3;1-3,6-7H,4-5H2;5H,1-3H3/b13-10-;;. The van der Waals surface area contributed by atoms with Crippen LogP contribution in [-0.4, -0.2) is 22.3 Å². The maximum Gasteiger partial charge on any atom is 0.142 e. The van der Waals surface area contributed by atoms with Crippen LogP contribution in [0.5, 0.6) is 0 Å². The van der Waals surface area contributed by atoms with Crippen LogP contribution in [0.25, 0.3) is 6.08 Å². The molecule has 30 heavy (non-hydrogen) atoms. The number of allylic oxidation sites excluding steroid dienone is 2. The van der Waals surface area contributed by atoms with E-state index < -0.39 is 0 Å². The highest BCUT2D eigenvalue weighted by Crippen LogP contribution is 2.38. The molecule has 1 unspecified atom stereocenters. The van der Waals surface area contributed by atoms with Crippen molar-refractivity contribution in [3.63, 3.8) is 0 Å². The average molecular weight is 420 g/mol. The Balaban J connectivity index is 0.000000242. The first-order chi connectivity index (χ1) is 14.3. The second kappa shape index (κ2) is 13.6. The molecule has 1 saturated carbocycles. The maximum absolute atomic E-state index is 10.4. The normalized spacial score (nSPS) is 13.5. The number of thioether (sulfide) groups is 1. The summed E-state index contributed by atoms with van der Waals surface area (Å²) in [6, 6.07) is 12.4. The lowest BCUT2D eigenvalue weighted by Gasteiger charge is -2.02. The molecule has 3 heteroatoms. The van der Waals surface area contributed by atoms with Crippen molar-refractivity contribution >= 4 is 23.6 Å². The van der Waals surface area contributed by atoms with E-state index in [4.69, 9.17) is 6.42 Å². The van der Waals surface area contributed by atoms with Crippen molar-refractivity contribution in [2.24, 2.45) is 0 Å². The molecule has 0 saturated heterocycles. The minimum atomic E-state index is 0.181. The molecule has 0 radical (unpaired) electrons. The summed E-state index contributed by atoms with van der Waals surface area (Å²) in [5.41, 5.74) is 5.72. The Morgan fingerprint density at radius 1 is 1.30 bits per heavy atom. The predicted octanol–water partition coefficient (Wildman–Crippen LogP) is 6.79. The molecular formula is C27H33NOS. The summed E-state index contributed by atoms with van der Waals surface area (Å²) in [5.74, 6) is 3.64. The molecule has 0 amide bonds. The number of ketones is 1. The smallest absolute Gasteiger partial charge is 0.142 e. The van der Waals surface area contributed by atoms with Gasteiger partial charge >= 0.3 is 0 Å². The second-order valence-electron chi connectivity index (χ2n) is 7.33. The van der Waals surface area contributed by atoms with E-state index in [0.717, 1.165) is 17.1 Å². The molecule has 1 aromatic carbocycles. The lowest BCUT2D eigenvalue weighted by atomic mass is 10.0. The van der Waals surface area contributed by atoms with Gasteiger partial charge in [-0.3, -0.25) is 9.78 Å². The van der Waals surface area contributed by atoms with E-state index in [2.05, 4.69) is 61.7 Å². The number of aromatic nitrogens is 1. The zero-order valence-corrected chi connectivity index (χ0v) is 19.6. The first kappa shape index (κ1) is 25.5. The molecule has 0 bridgehead atoms. The molecule has 0 aliphatic heterocycles. The van der Waals surface area contributed by atoms with Crippen LogP contribution in [0.4, 0.5) is 0 Å². The Morgan fingerprint density at radius 2 is 2.00 bits per heavy atom. The van der Waals surface area contributed by atoms with Gasteiger partial charge in [0.15, 0.2) is 0 Å². The highest BCUT2D eigenvalue weighted by atomic mass is 32.2. The van der Waals surface area contributed by atoms with E-state index in [0.29, 0.717) is 0 Å². The number of pyridine rings is 1. The number of aryl methyl sites for hydroxylation is 2. The monoisotopic (exact) mass is 419 g/mol. The molecule has 2 aromatic rings. The summed E-state index contributed by atoms with van der Waals surface area (Å²) in [7, 11) is 0. The molecular weight excluding hydrogens is 386 g/mol. The number of carbonyl (C=O) groups is 1. The third-order valence-electron chi connectivity index (χ3n) is 4.74. The van der Waals surface area contributed by atoms with Crippen molar-refractivity contribution in [2.75, 3.05) is 6.26 Å². The summed E-state index contributed by atoms with van der Waals surface area (Å²) in [4.78, 5) is 14.6. The molecule has 1 heterocycles. The van der Waals surface area contributed by atoms with Gasteiger partial charge in [0.1, 0.15) is 5.78 Å². The predicted molar refractivity (Wildman–Crippen MR) is 133 cm³/mol. The van der Waals surface area contributed by atoms with Gasteiger partial charge in [-0.05, 0) is 76.1 Å². The fourth-order valence-electron chi connectivity index (χ4n) is 2.40. The third kappa shape index (κ3) is 9.76. The maximum atomic E-state index is 10.4. The van der Waals surface area contributed by atoms with Crippen LogP contribution >= 0.6 is 11.8 Å². The van der Waals surface area contributed by atoms with Gasteiger partial charge in [0.2, 0.25) is 0 Å². The van der Waals surface area contributed by atoms with E-state index in [1.54, 1.807) is 24.8 Å². The highest BCUT2D eigenvalue weighted by molar-refractivity contribution is 7.99. The molecule has 0 N–H and O–H groups in total. The lowest BCUT2D eigenvalue weighted by molar-refractivity contribution is -0.116. The Bertz CT molecular complexity index is 889. The number of Topliss-reactive ketones (excluding diaryl/α,β-unsaturated/α-hetero) is 1.